The fourth-order valence-corrected chi connectivity index (χ4v) is 4.64. The number of ether oxygens (including phenoxy) is 1. The highest BCUT2D eigenvalue weighted by Crippen LogP contribution is 2.30. The number of piperidine rings is 1. The first kappa shape index (κ1) is 16.7. The molecule has 128 valence electrons. The first-order valence-corrected chi connectivity index (χ1v) is 9.52. The molecule has 2 heterocycles. The molecule has 4 unspecified atom stereocenters. The topological polar surface area (TPSA) is 36.5 Å². The van der Waals surface area contributed by atoms with E-state index < -0.39 is 0 Å². The molecular formula is C18H35N3O. The summed E-state index contributed by atoms with van der Waals surface area (Å²) < 4.78 is 5.68. The number of hydrogen-bond donors (Lipinski definition) is 2. The normalized spacial score (nSPS) is 37.8. The smallest absolute Gasteiger partial charge is 0.0623 e. The molecule has 2 aliphatic heterocycles. The van der Waals surface area contributed by atoms with Crippen LogP contribution in [0.25, 0.3) is 0 Å². The first-order chi connectivity index (χ1) is 10.7. The van der Waals surface area contributed by atoms with Crippen LogP contribution in [0, 0.1) is 11.8 Å². The molecule has 3 fully saturated rings. The zero-order valence-corrected chi connectivity index (χ0v) is 14.5. The molecule has 22 heavy (non-hydrogen) atoms. The summed E-state index contributed by atoms with van der Waals surface area (Å²) in [6.07, 6.45) is 6.86. The van der Waals surface area contributed by atoms with Gasteiger partial charge < -0.3 is 20.3 Å². The van der Waals surface area contributed by atoms with Crippen molar-refractivity contribution in [3.8, 4) is 0 Å². The third-order valence-electron chi connectivity index (χ3n) is 5.99. The molecule has 1 saturated carbocycles. The second kappa shape index (κ2) is 8.09. The molecule has 2 N–H and O–H groups in total. The lowest BCUT2D eigenvalue weighted by molar-refractivity contribution is 0.0516. The minimum Gasteiger partial charge on any atom is -0.379 e. The van der Waals surface area contributed by atoms with Crippen LogP contribution in [0.15, 0.2) is 0 Å². The number of likely N-dealkylation sites (tertiary alicyclic amines) is 1. The highest BCUT2D eigenvalue weighted by Gasteiger charge is 2.35. The van der Waals surface area contributed by atoms with Crippen molar-refractivity contribution in [1.82, 2.24) is 15.5 Å². The summed E-state index contributed by atoms with van der Waals surface area (Å²) in [5.41, 5.74) is 0. The summed E-state index contributed by atoms with van der Waals surface area (Å²) in [5, 5.41) is 7.61. The summed E-state index contributed by atoms with van der Waals surface area (Å²) in [6, 6.07) is 1.98. The molecule has 4 heteroatoms. The Morgan fingerprint density at radius 1 is 1.23 bits per heavy atom. The molecule has 0 radical (unpaired) electrons. The van der Waals surface area contributed by atoms with Gasteiger partial charge >= 0.3 is 0 Å². The van der Waals surface area contributed by atoms with E-state index in [1.807, 2.05) is 0 Å². The van der Waals surface area contributed by atoms with E-state index in [0.717, 1.165) is 31.6 Å². The van der Waals surface area contributed by atoms with E-state index in [2.05, 4.69) is 29.4 Å². The van der Waals surface area contributed by atoms with Crippen LogP contribution in [0.1, 0.15) is 46.0 Å². The number of hydrogen-bond acceptors (Lipinski definition) is 4. The van der Waals surface area contributed by atoms with E-state index in [0.29, 0.717) is 18.1 Å². The number of nitrogens with one attached hydrogen (secondary N) is 2. The third-order valence-corrected chi connectivity index (χ3v) is 5.99. The van der Waals surface area contributed by atoms with Crippen LogP contribution < -0.4 is 10.6 Å². The second-order valence-corrected chi connectivity index (χ2v) is 7.84. The summed E-state index contributed by atoms with van der Waals surface area (Å²) >= 11 is 0. The van der Waals surface area contributed by atoms with Crippen molar-refractivity contribution in [2.24, 2.45) is 11.8 Å². The van der Waals surface area contributed by atoms with Crippen LogP contribution in [-0.4, -0.2) is 62.4 Å². The third kappa shape index (κ3) is 4.22. The molecule has 0 aromatic rings. The van der Waals surface area contributed by atoms with Crippen LogP contribution in [0.4, 0.5) is 0 Å². The molecule has 0 spiro atoms. The Bertz CT molecular complexity index is 330. The van der Waals surface area contributed by atoms with Crippen molar-refractivity contribution < 1.29 is 4.74 Å². The second-order valence-electron chi connectivity index (χ2n) is 7.84. The maximum absolute atomic E-state index is 5.68. The van der Waals surface area contributed by atoms with E-state index in [1.54, 1.807) is 0 Å². The lowest BCUT2D eigenvalue weighted by Crippen LogP contribution is -2.52. The van der Waals surface area contributed by atoms with E-state index in [1.165, 1.54) is 51.7 Å². The summed E-state index contributed by atoms with van der Waals surface area (Å²) in [4.78, 5) is 2.65. The van der Waals surface area contributed by atoms with E-state index in [-0.39, 0.29) is 0 Å². The predicted octanol–water partition coefficient (Wildman–Crippen LogP) is 1.85. The summed E-state index contributed by atoms with van der Waals surface area (Å²) in [7, 11) is 0. The highest BCUT2D eigenvalue weighted by molar-refractivity contribution is 4.92. The van der Waals surface area contributed by atoms with Gasteiger partial charge in [0.2, 0.25) is 0 Å². The first-order valence-electron chi connectivity index (χ1n) is 9.52. The van der Waals surface area contributed by atoms with Crippen molar-refractivity contribution in [2.45, 2.75) is 64.1 Å². The van der Waals surface area contributed by atoms with Crippen LogP contribution >= 0.6 is 0 Å². The molecular weight excluding hydrogens is 274 g/mol. The largest absolute Gasteiger partial charge is 0.379 e. The van der Waals surface area contributed by atoms with E-state index in [4.69, 9.17) is 4.74 Å². The van der Waals surface area contributed by atoms with Gasteiger partial charge in [-0.15, -0.1) is 0 Å². The molecule has 1 aliphatic carbocycles. The Morgan fingerprint density at radius 2 is 2.14 bits per heavy atom. The van der Waals surface area contributed by atoms with Crippen molar-refractivity contribution >= 4 is 0 Å². The fourth-order valence-electron chi connectivity index (χ4n) is 4.64. The molecule has 0 aromatic heterocycles. The molecule has 0 amide bonds. The SMILES string of the molecule is CC(C)N1CCCC(CNC2CCCC2C2COCCN2)C1. The van der Waals surface area contributed by atoms with Gasteiger partial charge in [-0.1, -0.05) is 6.42 Å². The minimum absolute atomic E-state index is 0.576. The van der Waals surface area contributed by atoms with Crippen molar-refractivity contribution in [3.63, 3.8) is 0 Å². The predicted molar refractivity (Wildman–Crippen MR) is 91.2 cm³/mol. The monoisotopic (exact) mass is 309 g/mol. The van der Waals surface area contributed by atoms with Crippen LogP contribution in [0.2, 0.25) is 0 Å². The van der Waals surface area contributed by atoms with Crippen molar-refractivity contribution in [1.29, 1.82) is 0 Å². The molecule has 0 aromatic carbocycles. The lowest BCUT2D eigenvalue weighted by Gasteiger charge is -2.37. The Labute approximate surface area is 136 Å². The maximum atomic E-state index is 5.68. The van der Waals surface area contributed by atoms with E-state index >= 15 is 0 Å². The van der Waals surface area contributed by atoms with Crippen molar-refractivity contribution in [2.75, 3.05) is 39.4 Å². The molecule has 4 atom stereocenters. The van der Waals surface area contributed by atoms with Gasteiger partial charge in [0.25, 0.3) is 0 Å². The Morgan fingerprint density at radius 3 is 2.91 bits per heavy atom. The van der Waals surface area contributed by atoms with Gasteiger partial charge in [0.15, 0.2) is 0 Å². The summed E-state index contributed by atoms with van der Waals surface area (Å²) in [5.74, 6) is 1.61. The molecule has 0 bridgehead atoms. The van der Waals surface area contributed by atoms with Gasteiger partial charge in [-0.2, -0.15) is 0 Å². The zero-order valence-electron chi connectivity index (χ0n) is 14.5. The highest BCUT2D eigenvalue weighted by atomic mass is 16.5. The average Bonchev–Trinajstić information content (AvgIpc) is 3.02. The quantitative estimate of drug-likeness (QED) is 0.813. The van der Waals surface area contributed by atoms with Crippen LogP contribution in [0.5, 0.6) is 0 Å². The Balaban J connectivity index is 1.45. The van der Waals surface area contributed by atoms with Gasteiger partial charge in [0, 0.05) is 31.2 Å². The summed E-state index contributed by atoms with van der Waals surface area (Å²) in [6.45, 7) is 11.3. The number of rotatable bonds is 5. The van der Waals surface area contributed by atoms with Gasteiger partial charge in [-0.3, -0.25) is 0 Å². The van der Waals surface area contributed by atoms with E-state index in [9.17, 15) is 0 Å². The number of morpholine rings is 1. The average molecular weight is 309 g/mol. The maximum Gasteiger partial charge on any atom is 0.0623 e. The molecule has 2 saturated heterocycles. The van der Waals surface area contributed by atoms with Crippen LogP contribution in [-0.2, 0) is 4.74 Å². The fraction of sp³-hybridized carbons (Fsp3) is 1.00. The van der Waals surface area contributed by atoms with Gasteiger partial charge in [0.1, 0.15) is 0 Å². The van der Waals surface area contributed by atoms with Gasteiger partial charge in [0.05, 0.1) is 13.2 Å². The standard InChI is InChI=1S/C18H35N3O/c1-14(2)21-9-4-5-15(12-21)11-20-17-7-3-6-16(17)18-13-22-10-8-19-18/h14-20H,3-13H2,1-2H3. The van der Waals surface area contributed by atoms with Gasteiger partial charge in [-0.05, 0) is 64.5 Å². The Hall–Kier alpha value is -0.160. The Kier molecular flexibility index (Phi) is 6.14. The van der Waals surface area contributed by atoms with Crippen LogP contribution in [0.3, 0.4) is 0 Å². The zero-order chi connectivity index (χ0) is 15.4. The number of nitrogens with zero attached hydrogens (tertiary/aromatic N) is 1. The molecule has 3 aliphatic rings. The lowest BCUT2D eigenvalue weighted by atomic mass is 9.92. The van der Waals surface area contributed by atoms with Crippen molar-refractivity contribution in [3.05, 3.63) is 0 Å². The molecule has 4 nitrogen and oxygen atoms in total. The minimum atomic E-state index is 0.576. The van der Waals surface area contributed by atoms with Gasteiger partial charge in [-0.25, -0.2) is 0 Å². The molecule has 3 rings (SSSR count).